The van der Waals surface area contributed by atoms with Crippen LogP contribution in [0.2, 0.25) is 0 Å². The van der Waals surface area contributed by atoms with Gasteiger partial charge in [-0.05, 0) is 12.5 Å². The molecule has 0 spiro atoms. The molecule has 5 N–H and O–H groups in total. The molecular formula is C11H17F2N7O2. The fourth-order valence-electron chi connectivity index (χ4n) is 1.82. The Hall–Kier alpha value is -2.56. The highest BCUT2D eigenvalue weighted by molar-refractivity contribution is 6.05. The Bertz CT molecular complexity index is 676. The Morgan fingerprint density at radius 1 is 1.50 bits per heavy atom. The molecule has 0 atom stereocenters. The van der Waals surface area contributed by atoms with Gasteiger partial charge in [-0.2, -0.15) is 5.10 Å². The van der Waals surface area contributed by atoms with Gasteiger partial charge in [-0.1, -0.05) is 0 Å². The molecule has 0 aromatic carbocycles. The number of nitrogens with one attached hydrogen (secondary N) is 1. The summed E-state index contributed by atoms with van der Waals surface area (Å²) >= 11 is 0. The molecule has 1 rings (SSSR count). The van der Waals surface area contributed by atoms with Crippen LogP contribution in [-0.4, -0.2) is 33.7 Å². The van der Waals surface area contributed by atoms with Crippen molar-refractivity contribution in [1.29, 1.82) is 0 Å². The molecule has 11 heteroatoms. The van der Waals surface area contributed by atoms with E-state index < -0.39 is 23.0 Å². The summed E-state index contributed by atoms with van der Waals surface area (Å²) in [6.07, 6.45) is 0. The second-order valence-electron chi connectivity index (χ2n) is 4.68. The van der Waals surface area contributed by atoms with Gasteiger partial charge in [-0.15, -0.1) is 5.10 Å². The van der Waals surface area contributed by atoms with Gasteiger partial charge in [-0.3, -0.25) is 19.9 Å². The maximum atomic E-state index is 13.6. The first kappa shape index (κ1) is 17.5. The largest absolute Gasteiger partial charge is 0.320 e. The number of guanidine groups is 1. The van der Waals surface area contributed by atoms with E-state index in [1.165, 1.54) is 21.0 Å². The fraction of sp³-hybridized carbons (Fsp3) is 0.455. The molecule has 1 heterocycles. The SMILES string of the molecule is Cc1c(C(=O)NC(=NN)N(C)N)nn(C)c(=O)c1C(C)(F)F. The number of aryl methyl sites for hydroxylation is 1. The first-order valence-electron chi connectivity index (χ1n) is 6.04. The van der Waals surface area contributed by atoms with Gasteiger partial charge in [0.1, 0.15) is 0 Å². The smallest absolute Gasteiger partial charge is 0.278 e. The van der Waals surface area contributed by atoms with Crippen molar-refractivity contribution in [1.82, 2.24) is 20.1 Å². The normalized spacial score (nSPS) is 12.2. The second-order valence-corrected chi connectivity index (χ2v) is 4.68. The first-order chi connectivity index (χ1) is 10.0. The van der Waals surface area contributed by atoms with Gasteiger partial charge in [0.25, 0.3) is 17.4 Å². The van der Waals surface area contributed by atoms with E-state index in [0.717, 1.165) is 5.01 Å². The number of amides is 1. The van der Waals surface area contributed by atoms with Crippen molar-refractivity contribution >= 4 is 11.9 Å². The highest BCUT2D eigenvalue weighted by Gasteiger charge is 2.34. The summed E-state index contributed by atoms with van der Waals surface area (Å²) in [5, 5.41) is 10.1. The molecule has 0 fully saturated rings. The van der Waals surface area contributed by atoms with Crippen molar-refractivity contribution in [2.75, 3.05) is 7.05 Å². The summed E-state index contributed by atoms with van der Waals surface area (Å²) < 4.78 is 27.9. The van der Waals surface area contributed by atoms with Crippen LogP contribution in [0, 0.1) is 6.92 Å². The van der Waals surface area contributed by atoms with Gasteiger partial charge in [0.2, 0.25) is 5.96 Å². The molecule has 1 aromatic heterocycles. The van der Waals surface area contributed by atoms with Crippen LogP contribution >= 0.6 is 0 Å². The summed E-state index contributed by atoms with van der Waals surface area (Å²) in [5.41, 5.74) is -2.38. The molecule has 0 aliphatic heterocycles. The fourth-order valence-corrected chi connectivity index (χ4v) is 1.82. The van der Waals surface area contributed by atoms with Crippen LogP contribution in [0.5, 0.6) is 0 Å². The number of alkyl halides is 2. The van der Waals surface area contributed by atoms with E-state index in [1.54, 1.807) is 0 Å². The summed E-state index contributed by atoms with van der Waals surface area (Å²) in [6, 6.07) is 0. The number of hydrazine groups is 1. The summed E-state index contributed by atoms with van der Waals surface area (Å²) in [7, 11) is 2.53. The van der Waals surface area contributed by atoms with E-state index in [0.29, 0.717) is 11.6 Å². The van der Waals surface area contributed by atoms with Crippen molar-refractivity contribution in [3.8, 4) is 0 Å². The number of hydrogen-bond acceptors (Lipinski definition) is 6. The number of rotatable bonds is 2. The molecule has 1 amide bonds. The minimum absolute atomic E-state index is 0.204. The molecule has 9 nitrogen and oxygen atoms in total. The molecule has 22 heavy (non-hydrogen) atoms. The predicted octanol–water partition coefficient (Wildman–Crippen LogP) is -1.03. The number of carbonyl (C=O) groups excluding carboxylic acids is 1. The number of aromatic nitrogens is 2. The minimum Gasteiger partial charge on any atom is -0.320 e. The van der Waals surface area contributed by atoms with Crippen molar-refractivity contribution in [3.63, 3.8) is 0 Å². The van der Waals surface area contributed by atoms with Gasteiger partial charge in [-0.25, -0.2) is 19.3 Å². The molecule has 1 aromatic rings. The van der Waals surface area contributed by atoms with Crippen LogP contribution in [0.15, 0.2) is 9.90 Å². The molecule has 122 valence electrons. The van der Waals surface area contributed by atoms with Crippen molar-refractivity contribution in [3.05, 3.63) is 27.2 Å². The first-order valence-corrected chi connectivity index (χ1v) is 6.04. The van der Waals surface area contributed by atoms with Crippen molar-refractivity contribution in [2.24, 2.45) is 23.8 Å². The Balaban J connectivity index is 3.42. The van der Waals surface area contributed by atoms with Crippen molar-refractivity contribution in [2.45, 2.75) is 19.8 Å². The maximum Gasteiger partial charge on any atom is 0.278 e. The number of hydrogen-bond donors (Lipinski definition) is 3. The third kappa shape index (κ3) is 3.36. The van der Waals surface area contributed by atoms with Gasteiger partial charge in [0, 0.05) is 21.0 Å². The third-order valence-electron chi connectivity index (χ3n) is 2.82. The van der Waals surface area contributed by atoms with Gasteiger partial charge < -0.3 is 5.84 Å². The maximum absolute atomic E-state index is 13.6. The summed E-state index contributed by atoms with van der Waals surface area (Å²) in [5.74, 6) is 5.92. The van der Waals surface area contributed by atoms with Gasteiger partial charge in [0.05, 0.1) is 5.56 Å². The number of hydrazone groups is 1. The van der Waals surface area contributed by atoms with E-state index in [9.17, 15) is 18.4 Å². The van der Waals surface area contributed by atoms with E-state index in [1.807, 2.05) is 0 Å². The topological polar surface area (TPSA) is 132 Å². The highest BCUT2D eigenvalue weighted by Crippen LogP contribution is 2.27. The lowest BCUT2D eigenvalue weighted by Crippen LogP contribution is -2.47. The minimum atomic E-state index is -3.42. The molecule has 0 unspecified atom stereocenters. The molecule has 0 saturated heterocycles. The van der Waals surface area contributed by atoms with Gasteiger partial charge >= 0.3 is 0 Å². The number of nitrogens with zero attached hydrogens (tertiary/aromatic N) is 4. The standard InChI is InChI=1S/C11H17F2N7O2/c1-5-6(11(2,12)13)9(22)20(4)18-7(5)8(21)16-10(17-14)19(3)15/h14-15H2,1-4H3,(H,16,17,21). The number of carbonyl (C=O) groups is 1. The monoisotopic (exact) mass is 317 g/mol. The lowest BCUT2D eigenvalue weighted by atomic mass is 10.0. The van der Waals surface area contributed by atoms with Crippen LogP contribution in [0.3, 0.4) is 0 Å². The third-order valence-corrected chi connectivity index (χ3v) is 2.82. The van der Waals surface area contributed by atoms with Crippen LogP contribution in [-0.2, 0) is 13.0 Å². The molecule has 0 saturated carbocycles. The van der Waals surface area contributed by atoms with Gasteiger partial charge in [0.15, 0.2) is 5.69 Å². The molecular weight excluding hydrogens is 300 g/mol. The second kappa shape index (κ2) is 6.05. The predicted molar refractivity (Wildman–Crippen MR) is 74.8 cm³/mol. The average Bonchev–Trinajstić information content (AvgIpc) is 2.38. The zero-order valence-corrected chi connectivity index (χ0v) is 12.5. The highest BCUT2D eigenvalue weighted by atomic mass is 19.3. The zero-order chi connectivity index (χ0) is 17.2. The van der Waals surface area contributed by atoms with E-state index >= 15 is 0 Å². The molecule has 0 aliphatic rings. The lowest BCUT2D eigenvalue weighted by molar-refractivity contribution is 0.0145. The van der Waals surface area contributed by atoms with Crippen LogP contribution < -0.4 is 22.6 Å². The quantitative estimate of drug-likeness (QED) is 0.276. The zero-order valence-electron chi connectivity index (χ0n) is 12.5. The van der Waals surface area contributed by atoms with E-state index in [4.69, 9.17) is 11.7 Å². The number of nitrogens with two attached hydrogens (primary N) is 2. The molecule has 0 bridgehead atoms. The Morgan fingerprint density at radius 2 is 2.05 bits per heavy atom. The number of halogens is 2. The van der Waals surface area contributed by atoms with Crippen LogP contribution in [0.4, 0.5) is 8.78 Å². The van der Waals surface area contributed by atoms with E-state index in [2.05, 4.69) is 15.5 Å². The molecule has 0 aliphatic carbocycles. The lowest BCUT2D eigenvalue weighted by Gasteiger charge is -2.18. The summed E-state index contributed by atoms with van der Waals surface area (Å²) in [6.45, 7) is 1.78. The Morgan fingerprint density at radius 3 is 2.45 bits per heavy atom. The van der Waals surface area contributed by atoms with Crippen molar-refractivity contribution < 1.29 is 13.6 Å². The Labute approximate surface area is 124 Å². The van der Waals surface area contributed by atoms with Crippen LogP contribution in [0.1, 0.15) is 28.5 Å². The average molecular weight is 317 g/mol. The summed E-state index contributed by atoms with van der Waals surface area (Å²) in [4.78, 5) is 23.9. The van der Waals surface area contributed by atoms with E-state index in [-0.39, 0.29) is 17.2 Å². The molecule has 0 radical (unpaired) electrons. The van der Waals surface area contributed by atoms with Crippen LogP contribution in [0.25, 0.3) is 0 Å². The Kier molecular flexibility index (Phi) is 4.81.